The third-order valence-electron chi connectivity index (χ3n) is 4.46. The first-order chi connectivity index (χ1) is 12.7. The summed E-state index contributed by atoms with van der Waals surface area (Å²) in [5.74, 6) is -0.346. The maximum absolute atomic E-state index is 12.6. The highest BCUT2D eigenvalue weighted by Gasteiger charge is 2.21. The number of hydrogen-bond acceptors (Lipinski definition) is 4. The van der Waals surface area contributed by atoms with Gasteiger partial charge in [0.2, 0.25) is 10.0 Å². The van der Waals surface area contributed by atoms with Crippen molar-refractivity contribution in [1.29, 1.82) is 0 Å². The molecule has 27 heavy (non-hydrogen) atoms. The Morgan fingerprint density at radius 1 is 1.00 bits per heavy atom. The first-order valence-corrected chi connectivity index (χ1v) is 10.3. The minimum atomic E-state index is -3.61. The summed E-state index contributed by atoms with van der Waals surface area (Å²) < 4.78 is 26.0. The largest absolute Gasteiger partial charge is 0.372 e. The lowest BCUT2D eigenvalue weighted by atomic mass is 10.1. The molecule has 2 rings (SSSR count). The Kier molecular flexibility index (Phi) is 6.62. The average molecular weight is 390 g/mol. The summed E-state index contributed by atoms with van der Waals surface area (Å²) in [7, 11) is -0.667. The average Bonchev–Trinajstić information content (AvgIpc) is 2.64. The van der Waals surface area contributed by atoms with Crippen LogP contribution in [0.1, 0.15) is 29.8 Å². The summed E-state index contributed by atoms with van der Waals surface area (Å²) in [5, 5.41) is 2.82. The van der Waals surface area contributed by atoms with Crippen LogP contribution in [-0.2, 0) is 10.0 Å². The predicted molar refractivity (Wildman–Crippen MR) is 110 cm³/mol. The molecule has 0 aliphatic carbocycles. The molecule has 1 amide bonds. The van der Waals surface area contributed by atoms with Crippen LogP contribution >= 0.6 is 0 Å². The van der Waals surface area contributed by atoms with Gasteiger partial charge in [0, 0.05) is 44.1 Å². The molecule has 0 heterocycles. The van der Waals surface area contributed by atoms with Crippen molar-refractivity contribution in [2.75, 3.05) is 37.4 Å². The molecule has 0 aliphatic heterocycles. The lowest BCUT2D eigenvalue weighted by Crippen LogP contribution is -2.23. The van der Waals surface area contributed by atoms with E-state index in [4.69, 9.17) is 0 Å². The molecule has 0 aliphatic rings. The fraction of sp³-hybridized carbons (Fsp3) is 0.350. The summed E-state index contributed by atoms with van der Waals surface area (Å²) in [6.45, 7) is 7.72. The second kappa shape index (κ2) is 8.54. The van der Waals surface area contributed by atoms with E-state index < -0.39 is 10.0 Å². The van der Waals surface area contributed by atoms with Gasteiger partial charge in [-0.2, -0.15) is 0 Å². The molecule has 1 N–H and O–H groups in total. The number of hydrogen-bond donors (Lipinski definition) is 1. The molecule has 0 radical (unpaired) electrons. The number of rotatable bonds is 7. The van der Waals surface area contributed by atoms with Gasteiger partial charge >= 0.3 is 0 Å². The van der Waals surface area contributed by atoms with Gasteiger partial charge in [-0.15, -0.1) is 0 Å². The molecule has 0 saturated carbocycles. The lowest BCUT2D eigenvalue weighted by molar-refractivity contribution is 0.102. The lowest BCUT2D eigenvalue weighted by Gasteiger charge is -2.21. The highest BCUT2D eigenvalue weighted by molar-refractivity contribution is 7.89. The highest BCUT2D eigenvalue weighted by Crippen LogP contribution is 2.22. The van der Waals surface area contributed by atoms with Gasteiger partial charge in [-0.25, -0.2) is 12.7 Å². The smallest absolute Gasteiger partial charge is 0.255 e. The Balaban J connectivity index is 2.24. The quantitative estimate of drug-likeness (QED) is 0.788. The number of carbonyl (C=O) groups is 1. The van der Waals surface area contributed by atoms with E-state index in [0.29, 0.717) is 16.8 Å². The van der Waals surface area contributed by atoms with Crippen LogP contribution in [0.15, 0.2) is 47.4 Å². The molecule has 0 atom stereocenters. The minimum absolute atomic E-state index is 0.136. The third kappa shape index (κ3) is 4.67. The summed E-state index contributed by atoms with van der Waals surface area (Å²) in [4.78, 5) is 14.9. The topological polar surface area (TPSA) is 69.7 Å². The van der Waals surface area contributed by atoms with Crippen LogP contribution in [0.25, 0.3) is 0 Å². The van der Waals surface area contributed by atoms with Crippen molar-refractivity contribution in [3.63, 3.8) is 0 Å². The van der Waals surface area contributed by atoms with Crippen LogP contribution < -0.4 is 10.2 Å². The van der Waals surface area contributed by atoms with Gasteiger partial charge < -0.3 is 10.2 Å². The fourth-order valence-electron chi connectivity index (χ4n) is 2.76. The van der Waals surface area contributed by atoms with E-state index in [1.54, 1.807) is 19.1 Å². The van der Waals surface area contributed by atoms with Gasteiger partial charge in [-0.3, -0.25) is 4.79 Å². The second-order valence-electron chi connectivity index (χ2n) is 6.44. The molecule has 146 valence electrons. The Labute approximate surface area is 161 Å². The van der Waals surface area contributed by atoms with Gasteiger partial charge in [0.05, 0.1) is 4.90 Å². The van der Waals surface area contributed by atoms with Crippen LogP contribution in [0.2, 0.25) is 0 Å². The monoisotopic (exact) mass is 389 g/mol. The first kappa shape index (κ1) is 20.9. The van der Waals surface area contributed by atoms with E-state index >= 15 is 0 Å². The van der Waals surface area contributed by atoms with E-state index in [0.717, 1.165) is 23.1 Å². The summed E-state index contributed by atoms with van der Waals surface area (Å²) in [6, 6.07) is 12.3. The van der Waals surface area contributed by atoms with Crippen molar-refractivity contribution in [2.45, 2.75) is 25.7 Å². The Morgan fingerprint density at radius 3 is 2.11 bits per heavy atom. The number of nitrogens with one attached hydrogen (secondary N) is 1. The van der Waals surface area contributed by atoms with Crippen LogP contribution in [0.3, 0.4) is 0 Å². The molecule has 0 fully saturated rings. The molecule has 2 aromatic carbocycles. The second-order valence-corrected chi connectivity index (χ2v) is 8.56. The molecule has 7 heteroatoms. The Morgan fingerprint density at radius 2 is 1.59 bits per heavy atom. The van der Waals surface area contributed by atoms with E-state index in [2.05, 4.69) is 24.1 Å². The molecule has 2 aromatic rings. The fourth-order valence-corrected chi connectivity index (χ4v) is 3.91. The van der Waals surface area contributed by atoms with Crippen LogP contribution in [0, 0.1) is 6.92 Å². The zero-order valence-electron chi connectivity index (χ0n) is 16.5. The van der Waals surface area contributed by atoms with Gasteiger partial charge in [0.25, 0.3) is 5.91 Å². The van der Waals surface area contributed by atoms with Crippen molar-refractivity contribution >= 4 is 27.3 Å². The SMILES string of the molecule is CCN(CC)c1ccc(NC(=O)c2ccc(C)c(S(=O)(=O)N(C)C)c2)cc1. The molecule has 0 aromatic heterocycles. The standard InChI is InChI=1S/C20H27N3O3S/c1-6-23(7-2)18-12-10-17(11-13-18)21-20(24)16-9-8-15(3)19(14-16)27(25,26)22(4)5/h8-14H,6-7H2,1-5H3,(H,21,24). The zero-order chi connectivity index (χ0) is 20.2. The van der Waals surface area contributed by atoms with Crippen LogP contribution in [-0.4, -0.2) is 45.8 Å². The van der Waals surface area contributed by atoms with Crippen molar-refractivity contribution in [1.82, 2.24) is 4.31 Å². The van der Waals surface area contributed by atoms with Crippen molar-refractivity contribution < 1.29 is 13.2 Å². The molecule has 6 nitrogen and oxygen atoms in total. The van der Waals surface area contributed by atoms with Gasteiger partial charge in [0.15, 0.2) is 0 Å². The predicted octanol–water partition coefficient (Wildman–Crippen LogP) is 3.34. The van der Waals surface area contributed by atoms with E-state index in [1.807, 2.05) is 24.3 Å². The minimum Gasteiger partial charge on any atom is -0.372 e. The number of benzene rings is 2. The Hall–Kier alpha value is -2.38. The van der Waals surface area contributed by atoms with Gasteiger partial charge in [-0.05, 0) is 62.7 Å². The Bertz CT molecular complexity index is 903. The molecule has 0 spiro atoms. The maximum Gasteiger partial charge on any atom is 0.255 e. The summed E-state index contributed by atoms with van der Waals surface area (Å²) >= 11 is 0. The van der Waals surface area contributed by atoms with Crippen molar-refractivity contribution in [3.8, 4) is 0 Å². The highest BCUT2D eigenvalue weighted by atomic mass is 32.2. The van der Waals surface area contributed by atoms with E-state index in [-0.39, 0.29) is 10.8 Å². The number of aryl methyl sites for hydroxylation is 1. The van der Waals surface area contributed by atoms with Crippen LogP contribution in [0.5, 0.6) is 0 Å². The molecule has 0 unspecified atom stereocenters. The zero-order valence-corrected chi connectivity index (χ0v) is 17.3. The van der Waals surface area contributed by atoms with E-state index in [1.165, 1.54) is 20.2 Å². The van der Waals surface area contributed by atoms with Gasteiger partial charge in [-0.1, -0.05) is 6.07 Å². The summed E-state index contributed by atoms with van der Waals surface area (Å²) in [5.41, 5.74) is 2.65. The summed E-state index contributed by atoms with van der Waals surface area (Å²) in [6.07, 6.45) is 0. The molecule has 0 bridgehead atoms. The van der Waals surface area contributed by atoms with E-state index in [9.17, 15) is 13.2 Å². The number of nitrogens with zero attached hydrogens (tertiary/aromatic N) is 2. The normalized spacial score (nSPS) is 11.5. The van der Waals surface area contributed by atoms with Crippen molar-refractivity contribution in [2.24, 2.45) is 0 Å². The third-order valence-corrected chi connectivity index (χ3v) is 6.42. The number of amides is 1. The number of anilines is 2. The first-order valence-electron chi connectivity index (χ1n) is 8.90. The molecular weight excluding hydrogens is 362 g/mol. The number of sulfonamides is 1. The molecular formula is C20H27N3O3S. The number of carbonyl (C=O) groups excluding carboxylic acids is 1. The maximum atomic E-state index is 12.6. The molecule has 0 saturated heterocycles. The van der Waals surface area contributed by atoms with Crippen molar-refractivity contribution in [3.05, 3.63) is 53.6 Å². The van der Waals surface area contributed by atoms with Gasteiger partial charge in [0.1, 0.15) is 0 Å². The van der Waals surface area contributed by atoms with Crippen LogP contribution in [0.4, 0.5) is 11.4 Å².